The van der Waals surface area contributed by atoms with Crippen molar-refractivity contribution in [3.8, 4) is 0 Å². The van der Waals surface area contributed by atoms with Crippen molar-refractivity contribution >= 4 is 16.9 Å². The number of rotatable bonds is 5. The summed E-state index contributed by atoms with van der Waals surface area (Å²) >= 11 is 0. The van der Waals surface area contributed by atoms with Crippen molar-refractivity contribution in [3.63, 3.8) is 0 Å². The van der Waals surface area contributed by atoms with Gasteiger partial charge < -0.3 is 9.30 Å². The van der Waals surface area contributed by atoms with Gasteiger partial charge in [-0.25, -0.2) is 4.79 Å². The van der Waals surface area contributed by atoms with E-state index in [9.17, 15) is 9.59 Å². The molecule has 0 unspecified atom stereocenters. The number of ether oxygens (including phenoxy) is 1. The minimum atomic E-state index is -0.318. The van der Waals surface area contributed by atoms with Crippen molar-refractivity contribution in [3.05, 3.63) is 32.2 Å². The highest BCUT2D eigenvalue weighted by Crippen LogP contribution is 2.21. The van der Waals surface area contributed by atoms with Gasteiger partial charge in [0.25, 0.3) is 5.56 Å². The van der Waals surface area contributed by atoms with Gasteiger partial charge in [-0.15, -0.1) is 0 Å². The van der Waals surface area contributed by atoms with E-state index < -0.39 is 0 Å². The van der Waals surface area contributed by atoms with E-state index in [1.54, 1.807) is 7.05 Å². The lowest BCUT2D eigenvalue weighted by Crippen LogP contribution is -2.44. The standard InChI is InChI=1S/C20H30N6O3/c1-13(2)12-25-14(3)15(4)26-16-17(21-19(25)26)22(5)20(28)24(18(16)27)7-6-23-8-10-29-11-9-23/h13H,6-12H2,1-5H3. The summed E-state index contributed by atoms with van der Waals surface area (Å²) in [5.74, 6) is 1.17. The SMILES string of the molecule is Cc1c(C)n2c3c(=O)n(CCN4CCOCC4)c(=O)n(C)c3nc2n1CC(C)C. The Labute approximate surface area is 169 Å². The number of hydrogen-bond donors (Lipinski definition) is 0. The summed E-state index contributed by atoms with van der Waals surface area (Å²) in [6, 6.07) is 0. The molecule has 3 aromatic heterocycles. The van der Waals surface area contributed by atoms with Crippen LogP contribution in [0.5, 0.6) is 0 Å². The molecule has 158 valence electrons. The van der Waals surface area contributed by atoms with Crippen LogP contribution < -0.4 is 11.2 Å². The monoisotopic (exact) mass is 402 g/mol. The Kier molecular flexibility index (Phi) is 5.12. The highest BCUT2D eigenvalue weighted by molar-refractivity contribution is 5.76. The van der Waals surface area contributed by atoms with Gasteiger partial charge in [-0.2, -0.15) is 4.98 Å². The van der Waals surface area contributed by atoms with Crippen molar-refractivity contribution in [2.75, 3.05) is 32.8 Å². The second-order valence-electron chi connectivity index (χ2n) is 8.35. The largest absolute Gasteiger partial charge is 0.379 e. The molecule has 3 aromatic rings. The summed E-state index contributed by atoms with van der Waals surface area (Å²) in [5, 5.41) is 0. The van der Waals surface area contributed by atoms with Crippen LogP contribution in [0.3, 0.4) is 0 Å². The second kappa shape index (κ2) is 7.46. The number of aromatic nitrogens is 5. The molecule has 0 aliphatic carbocycles. The molecule has 1 fully saturated rings. The lowest BCUT2D eigenvalue weighted by molar-refractivity contribution is 0.0361. The normalized spacial score (nSPS) is 15.9. The van der Waals surface area contributed by atoms with Gasteiger partial charge in [-0.05, 0) is 19.8 Å². The molecule has 0 spiro atoms. The van der Waals surface area contributed by atoms with Crippen molar-refractivity contribution < 1.29 is 4.74 Å². The van der Waals surface area contributed by atoms with E-state index in [-0.39, 0.29) is 11.2 Å². The van der Waals surface area contributed by atoms with Gasteiger partial charge in [-0.1, -0.05) is 13.8 Å². The summed E-state index contributed by atoms with van der Waals surface area (Å²) in [4.78, 5) is 33.2. The van der Waals surface area contributed by atoms with Gasteiger partial charge in [0.2, 0.25) is 5.78 Å². The third-order valence-corrected chi connectivity index (χ3v) is 5.92. The van der Waals surface area contributed by atoms with Gasteiger partial charge in [0.05, 0.1) is 13.2 Å². The molecule has 9 heteroatoms. The Morgan fingerprint density at radius 1 is 1.03 bits per heavy atom. The highest BCUT2D eigenvalue weighted by Gasteiger charge is 2.23. The van der Waals surface area contributed by atoms with Gasteiger partial charge in [0, 0.05) is 51.2 Å². The highest BCUT2D eigenvalue weighted by atomic mass is 16.5. The van der Waals surface area contributed by atoms with Crippen LogP contribution in [-0.2, 0) is 24.9 Å². The topological polar surface area (TPSA) is 78.7 Å². The fourth-order valence-corrected chi connectivity index (χ4v) is 4.16. The van der Waals surface area contributed by atoms with E-state index in [1.807, 2.05) is 11.3 Å². The van der Waals surface area contributed by atoms with Crippen molar-refractivity contribution in [1.29, 1.82) is 0 Å². The molecule has 0 radical (unpaired) electrons. The number of fused-ring (bicyclic) bond motifs is 3. The van der Waals surface area contributed by atoms with Crippen LogP contribution in [0.4, 0.5) is 0 Å². The van der Waals surface area contributed by atoms with E-state index in [1.165, 1.54) is 9.13 Å². The summed E-state index contributed by atoms with van der Waals surface area (Å²) in [7, 11) is 1.69. The second-order valence-corrected chi connectivity index (χ2v) is 8.35. The van der Waals surface area contributed by atoms with Crippen LogP contribution in [0, 0.1) is 19.8 Å². The minimum Gasteiger partial charge on any atom is -0.379 e. The maximum absolute atomic E-state index is 13.4. The van der Waals surface area contributed by atoms with Crippen molar-refractivity contribution in [2.24, 2.45) is 13.0 Å². The van der Waals surface area contributed by atoms with Gasteiger partial charge >= 0.3 is 5.69 Å². The lowest BCUT2D eigenvalue weighted by Gasteiger charge is -2.26. The van der Waals surface area contributed by atoms with Crippen LogP contribution in [0.25, 0.3) is 16.9 Å². The van der Waals surface area contributed by atoms with Crippen molar-refractivity contribution in [1.82, 2.24) is 28.0 Å². The molecule has 1 aliphatic heterocycles. The Morgan fingerprint density at radius 3 is 2.38 bits per heavy atom. The summed E-state index contributed by atoms with van der Waals surface area (Å²) in [5.41, 5.74) is 2.41. The van der Waals surface area contributed by atoms with Gasteiger partial charge in [0.15, 0.2) is 11.2 Å². The smallest absolute Gasteiger partial charge is 0.332 e. The predicted molar refractivity (Wildman–Crippen MR) is 112 cm³/mol. The zero-order chi connectivity index (χ0) is 20.9. The molecule has 4 rings (SSSR count). The minimum absolute atomic E-state index is 0.270. The van der Waals surface area contributed by atoms with Crippen LogP contribution in [0.1, 0.15) is 25.2 Å². The number of aryl methyl sites for hydroxylation is 2. The van der Waals surface area contributed by atoms with E-state index in [0.717, 1.165) is 36.8 Å². The molecule has 9 nitrogen and oxygen atoms in total. The van der Waals surface area contributed by atoms with Crippen LogP contribution in [0.2, 0.25) is 0 Å². The molecular formula is C20H30N6O3. The Balaban J connectivity index is 1.87. The maximum atomic E-state index is 13.4. The predicted octanol–water partition coefficient (Wildman–Crippen LogP) is 0.754. The molecule has 29 heavy (non-hydrogen) atoms. The summed E-state index contributed by atoms with van der Waals surface area (Å²) < 4.78 is 12.3. The van der Waals surface area contributed by atoms with Crippen LogP contribution in [-0.4, -0.2) is 60.8 Å². The molecule has 1 aliphatic rings. The number of nitrogens with zero attached hydrogens (tertiary/aromatic N) is 6. The van der Waals surface area contributed by atoms with E-state index in [4.69, 9.17) is 9.72 Å². The quantitative estimate of drug-likeness (QED) is 0.629. The van der Waals surface area contributed by atoms with Gasteiger partial charge in [-0.3, -0.25) is 23.2 Å². The van der Waals surface area contributed by atoms with E-state index >= 15 is 0 Å². The molecule has 0 bridgehead atoms. The Bertz CT molecular complexity index is 1170. The number of hydrogen-bond acceptors (Lipinski definition) is 5. The zero-order valence-corrected chi connectivity index (χ0v) is 17.9. The molecular weight excluding hydrogens is 372 g/mol. The average Bonchev–Trinajstić information content (AvgIpc) is 3.19. The molecule has 1 saturated heterocycles. The summed E-state index contributed by atoms with van der Waals surface area (Å²) in [6.45, 7) is 13.2. The fraction of sp³-hybridized carbons (Fsp3) is 0.650. The third-order valence-electron chi connectivity index (χ3n) is 5.92. The molecule has 0 saturated carbocycles. The molecule has 0 amide bonds. The zero-order valence-electron chi connectivity index (χ0n) is 17.9. The Hall–Kier alpha value is -2.39. The summed E-state index contributed by atoms with van der Waals surface area (Å²) in [6.07, 6.45) is 0. The van der Waals surface area contributed by atoms with Crippen molar-refractivity contribution in [2.45, 2.75) is 40.8 Å². The van der Waals surface area contributed by atoms with Gasteiger partial charge in [0.1, 0.15) is 0 Å². The number of imidazole rings is 2. The first-order chi connectivity index (χ1) is 13.8. The van der Waals surface area contributed by atoms with E-state index in [2.05, 4.69) is 30.2 Å². The van der Waals surface area contributed by atoms with Crippen LogP contribution in [0.15, 0.2) is 9.59 Å². The molecule has 0 atom stereocenters. The first-order valence-corrected chi connectivity index (χ1v) is 10.3. The molecule has 0 N–H and O–H groups in total. The first-order valence-electron chi connectivity index (χ1n) is 10.3. The van der Waals surface area contributed by atoms with Crippen LogP contribution >= 0.6 is 0 Å². The maximum Gasteiger partial charge on any atom is 0.332 e. The molecule has 0 aromatic carbocycles. The lowest BCUT2D eigenvalue weighted by atomic mass is 10.2. The van der Waals surface area contributed by atoms with E-state index in [0.29, 0.717) is 43.4 Å². The first kappa shape index (κ1) is 19.9. The fourth-order valence-electron chi connectivity index (χ4n) is 4.16. The Morgan fingerprint density at radius 2 is 1.72 bits per heavy atom. The average molecular weight is 402 g/mol. The molecule has 4 heterocycles. The third kappa shape index (κ3) is 3.22. The number of morpholine rings is 1.